The first kappa shape index (κ1) is 30.6. The number of benzene rings is 7. The average Bonchev–Trinajstić information content (AvgIpc) is 3.91. The van der Waals surface area contributed by atoms with Gasteiger partial charge in [-0.15, -0.1) is 0 Å². The normalized spacial score (nSPS) is 17.6. The second kappa shape index (κ2) is 13.4. The van der Waals surface area contributed by atoms with E-state index in [1.54, 1.807) is 0 Å². The molecule has 0 bridgehead atoms. The predicted octanol–water partition coefficient (Wildman–Crippen LogP) is 10.4. The Morgan fingerprint density at radius 1 is 0.255 bits per heavy atom. The lowest BCUT2D eigenvalue weighted by Gasteiger charge is -2.30. The third-order valence-electron chi connectivity index (χ3n) is 9.08. The molecule has 1 saturated heterocycles. The fourth-order valence-corrected chi connectivity index (χ4v) is 54.9. The van der Waals surface area contributed by atoms with Crippen molar-refractivity contribution >= 4 is 60.3 Å². The zero-order valence-electron chi connectivity index (χ0n) is 26.1. The lowest BCUT2D eigenvalue weighted by molar-refractivity contribution is 1.40. The second-order valence-electron chi connectivity index (χ2n) is 11.7. The number of rotatable bonds is 9. The Morgan fingerprint density at radius 2 is 0.447 bits per heavy atom. The van der Waals surface area contributed by atoms with Gasteiger partial charge >= 0.3 is 0 Å². The van der Waals surface area contributed by atoms with Crippen molar-refractivity contribution in [1.29, 1.82) is 0 Å². The SMILES string of the molecule is c1ccc(C2P([P+](c3ccccc3)(c3ccccc3)c3ccccc3)P2[P+](c2ccccc2)(c2ccccc2)c2ccccc2)cc1. The highest BCUT2D eigenvalue weighted by Gasteiger charge is 2.82. The molecule has 1 aliphatic rings. The summed E-state index contributed by atoms with van der Waals surface area (Å²) in [7, 11) is -1.13. The van der Waals surface area contributed by atoms with E-state index in [2.05, 4.69) is 212 Å². The Kier molecular flexibility index (Phi) is 8.72. The van der Waals surface area contributed by atoms with Crippen LogP contribution in [0.15, 0.2) is 212 Å². The number of hydrogen-bond acceptors (Lipinski definition) is 0. The molecule has 4 heteroatoms. The van der Waals surface area contributed by atoms with Crippen LogP contribution in [0, 0.1) is 0 Å². The zero-order chi connectivity index (χ0) is 31.5. The Labute approximate surface area is 282 Å². The van der Waals surface area contributed by atoms with E-state index in [1.807, 2.05) is 0 Å². The van der Waals surface area contributed by atoms with Gasteiger partial charge in [0.25, 0.3) is 0 Å². The quantitative estimate of drug-likeness (QED) is 0.134. The average molecular weight is 677 g/mol. The first-order valence-electron chi connectivity index (χ1n) is 16.1. The third kappa shape index (κ3) is 5.25. The summed E-state index contributed by atoms with van der Waals surface area (Å²) >= 11 is 0. The maximum absolute atomic E-state index is 2.44. The molecule has 0 radical (unpaired) electrons. The van der Waals surface area contributed by atoms with Crippen molar-refractivity contribution in [3.63, 3.8) is 0 Å². The molecule has 0 N–H and O–H groups in total. The third-order valence-corrected chi connectivity index (χ3v) is 41.2. The molecule has 0 saturated carbocycles. The van der Waals surface area contributed by atoms with Gasteiger partial charge in [0.15, 0.2) is 14.6 Å². The molecule has 0 aliphatic carbocycles. The van der Waals surface area contributed by atoms with Crippen molar-refractivity contribution in [3.8, 4) is 0 Å². The van der Waals surface area contributed by atoms with E-state index in [0.717, 1.165) is 0 Å². The van der Waals surface area contributed by atoms with E-state index in [-0.39, 0.29) is 0 Å². The van der Waals surface area contributed by atoms with Gasteiger partial charge in [0, 0.05) is 0 Å². The summed E-state index contributed by atoms with van der Waals surface area (Å²) in [5, 5.41) is 9.50. The van der Waals surface area contributed by atoms with E-state index in [9.17, 15) is 0 Å². The fourth-order valence-electron chi connectivity index (χ4n) is 7.12. The largest absolute Gasteiger partial charge is 0.154 e. The van der Waals surface area contributed by atoms with Gasteiger partial charge in [0.2, 0.25) is 0 Å². The first-order valence-corrected chi connectivity index (χ1v) is 24.6. The van der Waals surface area contributed by atoms with Gasteiger partial charge < -0.3 is 0 Å². The van der Waals surface area contributed by atoms with E-state index in [1.165, 1.54) is 37.4 Å². The Balaban J connectivity index is 1.52. The fraction of sp³-hybridized carbons (Fsp3) is 0.0233. The molecule has 7 aromatic carbocycles. The first-order chi connectivity index (χ1) is 23.4. The molecule has 0 amide bonds. The van der Waals surface area contributed by atoms with Crippen LogP contribution in [0.4, 0.5) is 0 Å². The maximum atomic E-state index is 2.44. The molecular formula is C43H36P4+2. The van der Waals surface area contributed by atoms with Crippen molar-refractivity contribution in [3.05, 3.63) is 218 Å². The van der Waals surface area contributed by atoms with Gasteiger partial charge in [-0.25, -0.2) is 0 Å². The lowest BCUT2D eigenvalue weighted by atomic mass is 10.2. The van der Waals surface area contributed by atoms with Crippen LogP contribution in [0.2, 0.25) is 0 Å². The Morgan fingerprint density at radius 3 is 0.660 bits per heavy atom. The van der Waals surface area contributed by atoms with Crippen LogP contribution in [-0.4, -0.2) is 0 Å². The molecule has 1 fully saturated rings. The van der Waals surface area contributed by atoms with Crippen LogP contribution in [0.25, 0.3) is 0 Å². The molecule has 2 atom stereocenters. The van der Waals surface area contributed by atoms with Gasteiger partial charge in [0.1, 0.15) is 51.1 Å². The Bertz CT molecular complexity index is 1700. The lowest BCUT2D eigenvalue weighted by Crippen LogP contribution is -2.29. The zero-order valence-corrected chi connectivity index (χ0v) is 29.7. The highest BCUT2D eigenvalue weighted by Crippen LogP contribution is 3.26. The van der Waals surface area contributed by atoms with Gasteiger partial charge in [0.05, 0.1) is 0 Å². The molecule has 0 aromatic heterocycles. The summed E-state index contributed by atoms with van der Waals surface area (Å²) in [5.41, 5.74) is 1.50. The minimum absolute atomic E-state index is 0.490. The smallest absolute Gasteiger partial charge is 0.0622 e. The minimum Gasteiger partial charge on any atom is -0.0622 e. The highest BCUT2D eigenvalue weighted by atomic mass is 32.7. The minimum atomic E-state index is -2.13. The summed E-state index contributed by atoms with van der Waals surface area (Å²) < 4.78 is 0. The topological polar surface area (TPSA) is 0 Å². The molecular weight excluding hydrogens is 640 g/mol. The summed E-state index contributed by atoms with van der Waals surface area (Å²) in [6, 6.07) is 81.1. The van der Waals surface area contributed by atoms with Crippen LogP contribution < -0.4 is 31.8 Å². The standard InChI is InChI=1S/C43H36P4/c1-8-22-36(23-9-1)43-44(46(37-24-10-2-11-25-37,38-26-12-3-13-27-38)39-28-14-4-15-29-39)45(43)47(40-30-16-5-17-31-40,41-32-18-6-19-33-41)42-34-20-7-21-35-42/h1-35,43H/q+2. The van der Waals surface area contributed by atoms with E-state index < -0.39 is 28.5 Å². The van der Waals surface area contributed by atoms with E-state index in [0.29, 0.717) is 5.40 Å². The van der Waals surface area contributed by atoms with E-state index in [4.69, 9.17) is 0 Å². The molecule has 226 valence electrons. The van der Waals surface area contributed by atoms with Crippen LogP contribution in [0.1, 0.15) is 11.0 Å². The van der Waals surface area contributed by atoms with Crippen molar-refractivity contribution in [1.82, 2.24) is 0 Å². The van der Waals surface area contributed by atoms with Crippen LogP contribution in [0.5, 0.6) is 0 Å². The predicted molar refractivity (Wildman–Crippen MR) is 213 cm³/mol. The summed E-state index contributed by atoms with van der Waals surface area (Å²) in [5.74, 6) is 0. The van der Waals surface area contributed by atoms with Crippen LogP contribution in [-0.2, 0) is 0 Å². The molecule has 47 heavy (non-hydrogen) atoms. The summed E-state index contributed by atoms with van der Waals surface area (Å²) in [6.45, 7) is -4.26. The maximum Gasteiger partial charge on any atom is 0.154 e. The van der Waals surface area contributed by atoms with Crippen molar-refractivity contribution in [2.24, 2.45) is 0 Å². The van der Waals surface area contributed by atoms with Crippen molar-refractivity contribution in [2.75, 3.05) is 0 Å². The molecule has 8 rings (SSSR count). The van der Waals surface area contributed by atoms with Gasteiger partial charge in [-0.1, -0.05) is 140 Å². The highest BCUT2D eigenvalue weighted by molar-refractivity contribution is 8.96. The summed E-state index contributed by atoms with van der Waals surface area (Å²) in [4.78, 5) is 0. The van der Waals surface area contributed by atoms with Gasteiger partial charge in [-0.2, -0.15) is 0 Å². The Hall–Kier alpha value is -3.74. The van der Waals surface area contributed by atoms with Crippen molar-refractivity contribution < 1.29 is 0 Å². The molecule has 1 aliphatic heterocycles. The summed E-state index contributed by atoms with van der Waals surface area (Å²) in [6.07, 6.45) is 0. The van der Waals surface area contributed by atoms with E-state index >= 15 is 0 Å². The number of hydrogen-bond donors (Lipinski definition) is 0. The van der Waals surface area contributed by atoms with Crippen LogP contribution >= 0.6 is 28.5 Å². The van der Waals surface area contributed by atoms with Gasteiger partial charge in [-0.05, 0) is 78.4 Å². The molecule has 1 heterocycles. The monoisotopic (exact) mass is 676 g/mol. The van der Waals surface area contributed by atoms with Crippen molar-refractivity contribution in [2.45, 2.75) is 5.40 Å². The molecule has 0 nitrogen and oxygen atoms in total. The van der Waals surface area contributed by atoms with Crippen LogP contribution in [0.3, 0.4) is 0 Å². The molecule has 0 spiro atoms. The van der Waals surface area contributed by atoms with Gasteiger partial charge in [-0.3, -0.25) is 0 Å². The molecule has 2 unspecified atom stereocenters. The molecule has 7 aromatic rings. The second-order valence-corrected chi connectivity index (χ2v) is 30.7.